The average Bonchev–Trinajstić information content (AvgIpc) is 3.33. The lowest BCUT2D eigenvalue weighted by atomic mass is 10.1. The van der Waals surface area contributed by atoms with Crippen LogP contribution in [0.3, 0.4) is 0 Å². The molecule has 0 saturated heterocycles. The molecule has 1 fully saturated rings. The van der Waals surface area contributed by atoms with Crippen LogP contribution in [0.1, 0.15) is 17.0 Å². The first kappa shape index (κ1) is 25.5. The lowest BCUT2D eigenvalue weighted by Gasteiger charge is -2.13. The van der Waals surface area contributed by atoms with E-state index in [1.165, 1.54) is 12.1 Å². The summed E-state index contributed by atoms with van der Waals surface area (Å²) in [7, 11) is 0. The van der Waals surface area contributed by atoms with Crippen molar-refractivity contribution in [3.8, 4) is 0 Å². The molecule has 3 unspecified atom stereocenters. The van der Waals surface area contributed by atoms with Gasteiger partial charge in [-0.1, -0.05) is 17.7 Å². The Hall–Kier alpha value is -2.17. The molecule has 0 aliphatic heterocycles. The summed E-state index contributed by atoms with van der Waals surface area (Å²) >= 11 is 18.1. The molecule has 3 rings (SSSR count). The molecule has 0 radical (unpaired) electrons. The quantitative estimate of drug-likeness (QED) is 0.365. The molecule has 2 aromatic carbocycles. The Kier molecular flexibility index (Phi) is 7.40. The van der Waals surface area contributed by atoms with Crippen LogP contribution in [0.25, 0.3) is 0 Å². The number of anilines is 1. The maximum absolute atomic E-state index is 14.7. The fraction of sp³-hybridized carbons (Fsp3) is 0.300. The number of carbonyl (C=O) groups excluding carboxylic acids is 2. The zero-order valence-electron chi connectivity index (χ0n) is 16.1. The van der Waals surface area contributed by atoms with E-state index in [2.05, 4.69) is 5.32 Å². The molecular weight excluding hydrogens is 521 g/mol. The van der Waals surface area contributed by atoms with Gasteiger partial charge in [-0.15, -0.1) is 23.2 Å². The van der Waals surface area contributed by atoms with Crippen molar-refractivity contribution in [2.45, 2.75) is 29.4 Å². The molecule has 1 saturated carbocycles. The normalized spacial score (nSPS) is 19.8. The van der Waals surface area contributed by atoms with Gasteiger partial charge in [-0.05, 0) is 29.8 Å². The molecule has 178 valence electrons. The van der Waals surface area contributed by atoms with E-state index in [0.29, 0.717) is 5.56 Å². The Morgan fingerprint density at radius 2 is 1.67 bits per heavy atom. The van der Waals surface area contributed by atoms with Gasteiger partial charge in [0.05, 0.1) is 16.6 Å². The van der Waals surface area contributed by atoms with Crippen molar-refractivity contribution in [2.24, 2.45) is 5.92 Å². The second kappa shape index (κ2) is 9.60. The Bertz CT molecular complexity index is 1100. The van der Waals surface area contributed by atoms with Crippen LogP contribution in [0.2, 0.25) is 5.02 Å². The average molecular weight is 534 g/mol. The van der Waals surface area contributed by atoms with Gasteiger partial charge >= 0.3 is 0 Å². The number of hydrogen-bond donors (Lipinski definition) is 2. The van der Waals surface area contributed by atoms with Gasteiger partial charge < -0.3 is 10.6 Å². The van der Waals surface area contributed by atoms with Gasteiger partial charge in [0.1, 0.15) is 16.0 Å². The first-order chi connectivity index (χ1) is 15.4. The number of carbonyl (C=O) groups is 2. The van der Waals surface area contributed by atoms with E-state index in [-0.39, 0.29) is 5.02 Å². The maximum Gasteiger partial charge on any atom is 0.278 e. The molecule has 4 nitrogen and oxygen atoms in total. The standard InChI is InChI=1S/C20H13Cl3F6N2O2/c21-9-5-7(1-2-11(9)25)13-14(20(13,22)23)18(32)31-12-4-3-10(24)8(15(12)26)6-30-19(33)16(27)17(28)29/h1-5,13-14,16-17H,6H2,(H,30,33)(H,31,32). The largest absolute Gasteiger partial charge is 0.349 e. The Morgan fingerprint density at radius 1 is 1.03 bits per heavy atom. The van der Waals surface area contributed by atoms with E-state index < -0.39 is 75.8 Å². The predicted octanol–water partition coefficient (Wildman–Crippen LogP) is 5.50. The lowest BCUT2D eigenvalue weighted by molar-refractivity contribution is -0.131. The maximum atomic E-state index is 14.7. The predicted molar refractivity (Wildman–Crippen MR) is 110 cm³/mol. The van der Waals surface area contributed by atoms with Crippen LogP contribution in [0, 0.1) is 23.4 Å². The number of halogens is 9. The van der Waals surface area contributed by atoms with E-state index in [4.69, 9.17) is 34.8 Å². The number of nitrogens with one attached hydrogen (secondary N) is 2. The second-order valence-corrected chi connectivity index (χ2v) is 8.99. The smallest absolute Gasteiger partial charge is 0.278 e. The molecule has 0 bridgehead atoms. The van der Waals surface area contributed by atoms with Gasteiger partial charge in [0.25, 0.3) is 12.3 Å². The summed E-state index contributed by atoms with van der Waals surface area (Å²) in [5, 5.41) is 3.62. The minimum atomic E-state index is -3.61. The molecule has 2 N–H and O–H groups in total. The van der Waals surface area contributed by atoms with Crippen LogP contribution in [-0.2, 0) is 16.1 Å². The minimum absolute atomic E-state index is 0.221. The molecule has 3 atom stereocenters. The monoisotopic (exact) mass is 532 g/mol. The van der Waals surface area contributed by atoms with Crippen molar-refractivity contribution < 1.29 is 35.9 Å². The van der Waals surface area contributed by atoms with Crippen molar-refractivity contribution in [3.05, 3.63) is 63.9 Å². The molecule has 0 spiro atoms. The topological polar surface area (TPSA) is 58.2 Å². The highest BCUT2D eigenvalue weighted by atomic mass is 35.5. The van der Waals surface area contributed by atoms with Gasteiger partial charge in [0.2, 0.25) is 12.1 Å². The third-order valence-electron chi connectivity index (χ3n) is 4.99. The highest BCUT2D eigenvalue weighted by Crippen LogP contribution is 2.65. The molecule has 0 aromatic heterocycles. The minimum Gasteiger partial charge on any atom is -0.349 e. The summed E-state index contributed by atoms with van der Waals surface area (Å²) in [6.45, 7) is -0.956. The van der Waals surface area contributed by atoms with Crippen LogP contribution < -0.4 is 10.6 Å². The van der Waals surface area contributed by atoms with Gasteiger partial charge in [0, 0.05) is 18.0 Å². The Morgan fingerprint density at radius 3 is 2.27 bits per heavy atom. The van der Waals surface area contributed by atoms with E-state index in [0.717, 1.165) is 18.2 Å². The van der Waals surface area contributed by atoms with Gasteiger partial charge in [0.15, 0.2) is 5.82 Å². The number of amides is 2. The van der Waals surface area contributed by atoms with E-state index in [1.54, 1.807) is 5.32 Å². The summed E-state index contributed by atoms with van der Waals surface area (Å²) in [5.41, 5.74) is -0.971. The van der Waals surface area contributed by atoms with E-state index in [1.807, 2.05) is 0 Å². The first-order valence-corrected chi connectivity index (χ1v) is 10.3. The molecular formula is C20H13Cl3F6N2O2. The molecule has 33 heavy (non-hydrogen) atoms. The van der Waals surface area contributed by atoms with Crippen LogP contribution in [0.4, 0.5) is 32.0 Å². The van der Waals surface area contributed by atoms with Gasteiger partial charge in [-0.25, -0.2) is 26.3 Å². The fourth-order valence-corrected chi connectivity index (χ4v) is 4.24. The zero-order valence-corrected chi connectivity index (χ0v) is 18.4. The van der Waals surface area contributed by atoms with Gasteiger partial charge in [-0.3, -0.25) is 9.59 Å². The summed E-state index contributed by atoms with van der Waals surface area (Å²) in [4.78, 5) is 23.9. The summed E-state index contributed by atoms with van der Waals surface area (Å²) in [5.74, 6) is -7.72. The molecule has 13 heteroatoms. The number of alkyl halides is 5. The van der Waals surface area contributed by atoms with Crippen LogP contribution in [0.5, 0.6) is 0 Å². The Labute approximate surface area is 198 Å². The van der Waals surface area contributed by atoms with E-state index >= 15 is 0 Å². The van der Waals surface area contributed by atoms with Gasteiger partial charge in [-0.2, -0.15) is 0 Å². The lowest BCUT2D eigenvalue weighted by Crippen LogP contribution is -2.36. The summed E-state index contributed by atoms with van der Waals surface area (Å²) < 4.78 is 78.0. The molecule has 2 aromatic rings. The third kappa shape index (κ3) is 5.17. The first-order valence-electron chi connectivity index (χ1n) is 9.16. The zero-order chi connectivity index (χ0) is 24.7. The second-order valence-electron chi connectivity index (χ2n) is 7.13. The fourth-order valence-electron chi connectivity index (χ4n) is 3.23. The van der Waals surface area contributed by atoms with Crippen LogP contribution in [-0.4, -0.2) is 28.7 Å². The number of hydrogen-bond acceptors (Lipinski definition) is 2. The molecule has 1 aliphatic carbocycles. The van der Waals surface area contributed by atoms with Crippen molar-refractivity contribution in [2.75, 3.05) is 5.32 Å². The SMILES string of the molecule is O=C(NCc1c(F)ccc(NC(=O)C2C(c3ccc(F)c(Cl)c3)C2(Cl)Cl)c1F)C(F)C(F)F. The summed E-state index contributed by atoms with van der Waals surface area (Å²) in [6, 6.07) is 5.26. The highest BCUT2D eigenvalue weighted by Gasteiger charge is 2.67. The number of benzene rings is 2. The van der Waals surface area contributed by atoms with Crippen molar-refractivity contribution >= 4 is 52.3 Å². The van der Waals surface area contributed by atoms with Crippen molar-refractivity contribution in [3.63, 3.8) is 0 Å². The van der Waals surface area contributed by atoms with E-state index in [9.17, 15) is 35.9 Å². The van der Waals surface area contributed by atoms with Crippen molar-refractivity contribution in [1.29, 1.82) is 0 Å². The molecule has 0 heterocycles. The molecule has 1 aliphatic rings. The van der Waals surface area contributed by atoms with Crippen LogP contribution in [0.15, 0.2) is 30.3 Å². The van der Waals surface area contributed by atoms with Crippen LogP contribution >= 0.6 is 34.8 Å². The molecule has 2 amide bonds. The highest BCUT2D eigenvalue weighted by molar-refractivity contribution is 6.53. The Balaban J connectivity index is 1.75. The van der Waals surface area contributed by atoms with Crippen molar-refractivity contribution in [1.82, 2.24) is 5.32 Å². The number of rotatable bonds is 7. The third-order valence-corrected chi connectivity index (χ3v) is 6.22. The summed E-state index contributed by atoms with van der Waals surface area (Å²) in [6.07, 6.45) is -6.79.